The molecule has 0 saturated heterocycles. The molecule has 3 saturated carbocycles. The van der Waals surface area contributed by atoms with Crippen molar-refractivity contribution in [1.82, 2.24) is 0 Å². The lowest BCUT2D eigenvalue weighted by Crippen LogP contribution is -2.35. The van der Waals surface area contributed by atoms with E-state index < -0.39 is 0 Å². The molecule has 2 bridgehead atoms. The third-order valence-electron chi connectivity index (χ3n) is 6.89. The fourth-order valence-corrected chi connectivity index (χ4v) is 5.58. The summed E-state index contributed by atoms with van der Waals surface area (Å²) in [7, 11) is 0. The van der Waals surface area contributed by atoms with Crippen molar-refractivity contribution in [1.29, 1.82) is 0 Å². The van der Waals surface area contributed by atoms with E-state index in [-0.39, 0.29) is 17.3 Å². The molecular weight excluding hydrogens is 260 g/mol. The molecule has 21 heavy (non-hydrogen) atoms. The summed E-state index contributed by atoms with van der Waals surface area (Å²) in [6, 6.07) is 9.98. The number of carbonyl (C=O) groups is 1. The normalized spacial score (nSPS) is 38.7. The quantitative estimate of drug-likeness (QED) is 0.778. The third kappa shape index (κ3) is 1.74. The van der Waals surface area contributed by atoms with Crippen molar-refractivity contribution in [3.63, 3.8) is 0 Å². The summed E-state index contributed by atoms with van der Waals surface area (Å²) in [6.07, 6.45) is 5.10. The van der Waals surface area contributed by atoms with E-state index in [2.05, 4.69) is 13.8 Å². The SMILES string of the molecule is CC1(C)C2CCC(C2)C12CC2C(=O)OCc1ccccc1. The number of hydrogen-bond acceptors (Lipinski definition) is 2. The molecule has 112 valence electrons. The molecule has 0 amide bonds. The first-order chi connectivity index (χ1) is 10.1. The lowest BCUT2D eigenvalue weighted by Gasteiger charge is -2.39. The van der Waals surface area contributed by atoms with Crippen LogP contribution < -0.4 is 0 Å². The summed E-state index contributed by atoms with van der Waals surface area (Å²) in [4.78, 5) is 12.5. The lowest BCUT2D eigenvalue weighted by atomic mass is 9.65. The average Bonchev–Trinajstić information content (AvgIpc) is 2.98. The highest BCUT2D eigenvalue weighted by Gasteiger charge is 2.76. The van der Waals surface area contributed by atoms with Crippen LogP contribution in [0.1, 0.15) is 45.1 Å². The maximum Gasteiger partial charge on any atom is 0.309 e. The van der Waals surface area contributed by atoms with Gasteiger partial charge < -0.3 is 4.74 Å². The standard InChI is InChI=1S/C19H24O2/c1-18(2)14-8-9-15(10-14)19(18)11-16(19)17(20)21-12-13-6-4-3-5-7-13/h3-7,14-16H,8-12H2,1-2H3. The van der Waals surface area contributed by atoms with E-state index >= 15 is 0 Å². The predicted molar refractivity (Wildman–Crippen MR) is 81.4 cm³/mol. The molecule has 0 heterocycles. The van der Waals surface area contributed by atoms with Crippen molar-refractivity contribution >= 4 is 5.97 Å². The number of carbonyl (C=O) groups excluding carboxylic acids is 1. The predicted octanol–water partition coefficient (Wildman–Crippen LogP) is 4.19. The van der Waals surface area contributed by atoms with Gasteiger partial charge in [0, 0.05) is 0 Å². The third-order valence-corrected chi connectivity index (χ3v) is 6.89. The highest BCUT2D eigenvalue weighted by molar-refractivity contribution is 5.77. The van der Waals surface area contributed by atoms with Crippen LogP contribution in [0, 0.1) is 28.6 Å². The summed E-state index contributed by atoms with van der Waals surface area (Å²) in [5.41, 5.74) is 1.67. The second-order valence-electron chi connectivity index (χ2n) is 7.82. The van der Waals surface area contributed by atoms with Crippen LogP contribution in [0.25, 0.3) is 0 Å². The van der Waals surface area contributed by atoms with Gasteiger partial charge in [0.2, 0.25) is 0 Å². The van der Waals surface area contributed by atoms with Gasteiger partial charge in [-0.3, -0.25) is 4.79 Å². The van der Waals surface area contributed by atoms with Crippen LogP contribution in [-0.4, -0.2) is 5.97 Å². The number of benzene rings is 1. The van der Waals surface area contributed by atoms with Crippen LogP contribution in [-0.2, 0) is 16.1 Å². The minimum Gasteiger partial charge on any atom is -0.461 e. The zero-order valence-electron chi connectivity index (χ0n) is 13.0. The first-order valence-corrected chi connectivity index (χ1v) is 8.26. The van der Waals surface area contributed by atoms with Crippen molar-refractivity contribution in [3.8, 4) is 0 Å². The highest BCUT2D eigenvalue weighted by Crippen LogP contribution is 2.79. The molecule has 4 unspecified atom stereocenters. The van der Waals surface area contributed by atoms with Crippen LogP contribution in [0.2, 0.25) is 0 Å². The van der Waals surface area contributed by atoms with Crippen molar-refractivity contribution in [2.75, 3.05) is 0 Å². The van der Waals surface area contributed by atoms with Gasteiger partial charge in [0.15, 0.2) is 0 Å². The van der Waals surface area contributed by atoms with Crippen molar-refractivity contribution in [3.05, 3.63) is 35.9 Å². The average molecular weight is 284 g/mol. The summed E-state index contributed by atoms with van der Waals surface area (Å²) in [5.74, 6) is 1.80. The number of fused-ring (bicyclic) bond motifs is 3. The maximum absolute atomic E-state index is 12.5. The van der Waals surface area contributed by atoms with E-state index in [1.165, 1.54) is 19.3 Å². The highest BCUT2D eigenvalue weighted by atomic mass is 16.5. The molecule has 3 aliphatic carbocycles. The molecule has 1 spiro atoms. The minimum absolute atomic E-state index is 0.0412. The largest absolute Gasteiger partial charge is 0.461 e. The summed E-state index contributed by atoms with van der Waals surface area (Å²) >= 11 is 0. The zero-order chi connectivity index (χ0) is 14.7. The Bertz CT molecular complexity index is 562. The fourth-order valence-electron chi connectivity index (χ4n) is 5.58. The molecule has 3 aliphatic rings. The lowest BCUT2D eigenvalue weighted by molar-refractivity contribution is -0.149. The van der Waals surface area contributed by atoms with Crippen molar-refractivity contribution in [2.45, 2.75) is 46.1 Å². The molecule has 0 aliphatic heterocycles. The van der Waals surface area contributed by atoms with E-state index in [4.69, 9.17) is 4.74 Å². The molecule has 1 aromatic carbocycles. The summed E-state index contributed by atoms with van der Waals surface area (Å²) in [6.45, 7) is 5.20. The Morgan fingerprint density at radius 3 is 2.57 bits per heavy atom. The molecule has 4 atom stereocenters. The van der Waals surface area contributed by atoms with Crippen LogP contribution in [0.15, 0.2) is 30.3 Å². The van der Waals surface area contributed by atoms with Gasteiger partial charge in [0.1, 0.15) is 6.61 Å². The van der Waals surface area contributed by atoms with E-state index in [1.54, 1.807) is 0 Å². The van der Waals surface area contributed by atoms with Gasteiger partial charge in [0.05, 0.1) is 5.92 Å². The first-order valence-electron chi connectivity index (χ1n) is 8.26. The Kier molecular flexibility index (Phi) is 2.76. The van der Waals surface area contributed by atoms with E-state index in [9.17, 15) is 4.79 Å². The zero-order valence-corrected chi connectivity index (χ0v) is 13.0. The molecule has 0 radical (unpaired) electrons. The summed E-state index contributed by atoms with van der Waals surface area (Å²) < 4.78 is 5.60. The Labute approximate surface area is 126 Å². The van der Waals surface area contributed by atoms with Crippen LogP contribution in [0.4, 0.5) is 0 Å². The van der Waals surface area contributed by atoms with E-state index in [0.29, 0.717) is 12.0 Å². The van der Waals surface area contributed by atoms with E-state index in [0.717, 1.165) is 23.8 Å². The van der Waals surface area contributed by atoms with Crippen LogP contribution in [0.5, 0.6) is 0 Å². The topological polar surface area (TPSA) is 26.3 Å². The second kappa shape index (κ2) is 4.34. The Hall–Kier alpha value is -1.31. The number of esters is 1. The smallest absolute Gasteiger partial charge is 0.309 e. The monoisotopic (exact) mass is 284 g/mol. The molecule has 2 nitrogen and oxygen atoms in total. The maximum atomic E-state index is 12.5. The van der Waals surface area contributed by atoms with Gasteiger partial charge >= 0.3 is 5.97 Å². The number of rotatable bonds is 3. The van der Waals surface area contributed by atoms with Crippen molar-refractivity contribution in [2.24, 2.45) is 28.6 Å². The Morgan fingerprint density at radius 2 is 1.90 bits per heavy atom. The number of ether oxygens (including phenoxy) is 1. The van der Waals surface area contributed by atoms with Crippen LogP contribution in [0.3, 0.4) is 0 Å². The second-order valence-corrected chi connectivity index (χ2v) is 7.82. The summed E-state index contributed by atoms with van der Waals surface area (Å²) in [5, 5.41) is 0. The van der Waals surface area contributed by atoms with Gasteiger partial charge in [0.25, 0.3) is 0 Å². The van der Waals surface area contributed by atoms with Gasteiger partial charge in [-0.15, -0.1) is 0 Å². The van der Waals surface area contributed by atoms with Crippen molar-refractivity contribution < 1.29 is 9.53 Å². The molecule has 3 fully saturated rings. The van der Waals surface area contributed by atoms with Gasteiger partial charge in [-0.05, 0) is 53.9 Å². The molecule has 0 N–H and O–H groups in total. The number of hydrogen-bond donors (Lipinski definition) is 0. The minimum atomic E-state index is 0.0412. The van der Waals surface area contributed by atoms with Gasteiger partial charge in [-0.25, -0.2) is 0 Å². The molecule has 1 aromatic rings. The molecule has 0 aromatic heterocycles. The van der Waals surface area contributed by atoms with Gasteiger partial charge in [-0.2, -0.15) is 0 Å². The van der Waals surface area contributed by atoms with Crippen LogP contribution >= 0.6 is 0 Å². The van der Waals surface area contributed by atoms with Gasteiger partial charge in [-0.1, -0.05) is 44.2 Å². The van der Waals surface area contributed by atoms with E-state index in [1.807, 2.05) is 30.3 Å². The fraction of sp³-hybridized carbons (Fsp3) is 0.632. The Morgan fingerprint density at radius 1 is 1.19 bits per heavy atom. The molecular formula is C19H24O2. The Balaban J connectivity index is 1.44. The first kappa shape index (κ1) is 13.4. The molecule has 2 heteroatoms. The molecule has 4 rings (SSSR count).